The Labute approximate surface area is 360 Å². The van der Waals surface area contributed by atoms with E-state index >= 15 is 0 Å². The van der Waals surface area contributed by atoms with E-state index in [0.29, 0.717) is 70.8 Å². The van der Waals surface area contributed by atoms with Gasteiger partial charge in [0, 0.05) is 133 Å². The minimum absolute atomic E-state index is 0. The molecule has 55 heavy (non-hydrogen) atoms. The number of amides is 1. The molecule has 5 rings (SSSR count). The van der Waals surface area contributed by atoms with Crippen molar-refractivity contribution in [3.8, 4) is 0 Å². The van der Waals surface area contributed by atoms with Gasteiger partial charge in [-0.15, -0.1) is 0 Å². The van der Waals surface area contributed by atoms with Crippen molar-refractivity contribution in [2.45, 2.75) is 13.0 Å². The number of aliphatic carboxylic acids is 3. The average molecular weight is 895 g/mol. The van der Waals surface area contributed by atoms with E-state index in [9.17, 15) is 44.5 Å². The molecule has 4 aromatic rings. The monoisotopic (exact) mass is 895 g/mol. The minimum atomic E-state index is -1.60. The van der Waals surface area contributed by atoms with Gasteiger partial charge in [-0.05, 0) is 34.1 Å². The molecule has 5 N–H and O–H groups in total. The second-order valence-corrected chi connectivity index (χ2v) is 13.7. The number of pyridine rings is 1. The van der Waals surface area contributed by atoms with E-state index in [4.69, 9.17) is 4.98 Å². The fourth-order valence-electron chi connectivity index (χ4n) is 6.89. The molecule has 1 aliphatic rings. The number of carbonyl (C=O) groups is 4. The number of fused-ring (bicyclic) bond motifs is 3. The molecule has 0 unspecified atom stereocenters. The number of rotatable bonds is 13. The number of nitrogens with zero attached hydrogens (tertiary/aromatic N) is 6. The Bertz CT molecular complexity index is 1940. The molecule has 1 radical (unpaired) electrons. The van der Waals surface area contributed by atoms with Crippen LogP contribution in [0.15, 0.2) is 66.7 Å². The summed E-state index contributed by atoms with van der Waals surface area (Å²) in [4.78, 5) is 62.1. The zero-order valence-electron chi connectivity index (χ0n) is 30.8. The fraction of sp³-hybridized carbons (Fsp3) is 0.395. The first-order valence-corrected chi connectivity index (χ1v) is 17.9. The summed E-state index contributed by atoms with van der Waals surface area (Å²) in [6.45, 7) is 2.16. The maximum absolute atomic E-state index is 13.7. The Morgan fingerprint density at radius 3 is 1.64 bits per heavy atom. The maximum Gasteiger partial charge on any atom is 0.488 e. The van der Waals surface area contributed by atoms with E-state index in [1.165, 1.54) is 0 Å². The fourth-order valence-corrected chi connectivity index (χ4v) is 6.89. The Hall–Kier alpha value is -3.38. The van der Waals surface area contributed by atoms with E-state index < -0.39 is 25.0 Å². The quantitative estimate of drug-likeness (QED) is 0.0895. The van der Waals surface area contributed by atoms with Gasteiger partial charge in [-0.2, -0.15) is 0 Å². The number of benzene rings is 3. The molecule has 0 bridgehead atoms. The van der Waals surface area contributed by atoms with Crippen molar-refractivity contribution in [2.75, 3.05) is 85.6 Å². The molecule has 15 nitrogen and oxygen atoms in total. The molecule has 3 aromatic carbocycles. The first kappa shape index (κ1) is 44.3. The average Bonchev–Trinajstić information content (AvgIpc) is 3.12. The molecule has 1 fully saturated rings. The van der Waals surface area contributed by atoms with Crippen molar-refractivity contribution in [1.29, 1.82) is 0 Å². The van der Waals surface area contributed by atoms with Crippen LogP contribution in [0.4, 0.5) is 0 Å². The van der Waals surface area contributed by atoms with Gasteiger partial charge < -0.3 is 30.3 Å². The van der Waals surface area contributed by atoms with Gasteiger partial charge in [-0.1, -0.05) is 54.6 Å². The Morgan fingerprint density at radius 2 is 1.13 bits per heavy atom. The van der Waals surface area contributed by atoms with Gasteiger partial charge in [0.25, 0.3) is 0 Å². The van der Waals surface area contributed by atoms with Gasteiger partial charge in [-0.25, -0.2) is 0 Å². The largest absolute Gasteiger partial charge is 0.488 e. The Balaban J connectivity index is 0.00000673. The van der Waals surface area contributed by atoms with Gasteiger partial charge in [0.15, 0.2) is 0 Å². The summed E-state index contributed by atoms with van der Waals surface area (Å²) in [5.74, 6) is -3.20. The summed E-state index contributed by atoms with van der Waals surface area (Å²) in [5, 5.41) is 51.1. The number of hydrogen-bond donors (Lipinski definition) is 5. The SMILES string of the molecule is CN(Cc1ccc2nc(Cc3ccccc3B(O)O)c3ccccc3c2c1)C(=O)CN1CCN(CC(=O)O)CCN(CC(=O)O)CCN(CC(=O)O)CC1.[Eu]. The van der Waals surface area contributed by atoms with Crippen molar-refractivity contribution in [1.82, 2.24) is 29.5 Å². The minimum Gasteiger partial charge on any atom is -0.480 e. The smallest absolute Gasteiger partial charge is 0.480 e. The van der Waals surface area contributed by atoms with Crippen LogP contribution in [0.2, 0.25) is 0 Å². The summed E-state index contributed by atoms with van der Waals surface area (Å²) in [6, 6.07) is 21.0. The van der Waals surface area contributed by atoms with Crippen molar-refractivity contribution in [3.63, 3.8) is 0 Å². The van der Waals surface area contributed by atoms with Gasteiger partial charge in [-0.3, -0.25) is 43.8 Å². The topological polar surface area (TPSA) is 199 Å². The van der Waals surface area contributed by atoms with Gasteiger partial charge in [0.05, 0.1) is 37.4 Å². The molecule has 1 aliphatic heterocycles. The third-order valence-corrected chi connectivity index (χ3v) is 9.75. The third-order valence-electron chi connectivity index (χ3n) is 9.75. The van der Waals surface area contributed by atoms with Crippen LogP contribution in [-0.4, -0.2) is 171 Å². The van der Waals surface area contributed by atoms with Crippen LogP contribution < -0.4 is 5.46 Å². The Morgan fingerprint density at radius 1 is 0.655 bits per heavy atom. The van der Waals surface area contributed by atoms with Crippen molar-refractivity contribution < 1.29 is 93.9 Å². The molecule has 0 saturated carbocycles. The van der Waals surface area contributed by atoms with Crippen LogP contribution in [0.25, 0.3) is 21.7 Å². The van der Waals surface area contributed by atoms with Crippen LogP contribution in [0, 0.1) is 49.4 Å². The summed E-state index contributed by atoms with van der Waals surface area (Å²) in [5.41, 5.74) is 3.67. The molecule has 0 spiro atoms. The predicted octanol–water partition coefficient (Wildman–Crippen LogP) is 0.0924. The molecule has 0 atom stereocenters. The number of likely N-dealkylation sites (N-methyl/N-ethyl adjacent to an activating group) is 1. The second kappa shape index (κ2) is 21.2. The molecule has 293 valence electrons. The number of hydrogen-bond acceptors (Lipinski definition) is 11. The molecular weight excluding hydrogens is 847 g/mol. The van der Waals surface area contributed by atoms with Crippen molar-refractivity contribution in [3.05, 3.63) is 83.6 Å². The predicted molar refractivity (Wildman–Crippen MR) is 203 cm³/mol. The molecule has 17 heteroatoms. The number of aromatic nitrogens is 1. The number of carbonyl (C=O) groups excluding carboxylic acids is 1. The molecule has 1 aromatic heterocycles. The molecule has 1 amide bonds. The van der Waals surface area contributed by atoms with Gasteiger partial charge in [0.2, 0.25) is 5.91 Å². The van der Waals surface area contributed by atoms with E-state index in [1.54, 1.807) is 38.8 Å². The van der Waals surface area contributed by atoms with Crippen LogP contribution in [0.5, 0.6) is 0 Å². The van der Waals surface area contributed by atoms with Crippen LogP contribution >= 0.6 is 0 Å². The van der Waals surface area contributed by atoms with E-state index in [0.717, 1.165) is 38.5 Å². The van der Waals surface area contributed by atoms with Crippen molar-refractivity contribution >= 4 is 58.1 Å². The van der Waals surface area contributed by atoms with E-state index in [1.807, 2.05) is 59.5 Å². The molecule has 0 aliphatic carbocycles. The summed E-state index contributed by atoms with van der Waals surface area (Å²) in [6.07, 6.45) is 0.408. The Kier molecular flexibility index (Phi) is 17.1. The van der Waals surface area contributed by atoms with Gasteiger partial charge >= 0.3 is 25.0 Å². The molecular formula is C38H47BEuN6O9. The van der Waals surface area contributed by atoms with Crippen LogP contribution in [0.3, 0.4) is 0 Å². The summed E-state index contributed by atoms with van der Waals surface area (Å²) >= 11 is 0. The van der Waals surface area contributed by atoms with Crippen LogP contribution in [0.1, 0.15) is 16.8 Å². The third kappa shape index (κ3) is 13.1. The first-order chi connectivity index (χ1) is 25.9. The summed E-state index contributed by atoms with van der Waals surface area (Å²) in [7, 11) is 0.124. The number of carboxylic acid groups (broad SMARTS) is 3. The van der Waals surface area contributed by atoms with Crippen LogP contribution in [-0.2, 0) is 32.1 Å². The number of carboxylic acids is 3. The summed E-state index contributed by atoms with van der Waals surface area (Å²) < 4.78 is 0. The zero-order chi connectivity index (χ0) is 38.8. The first-order valence-electron chi connectivity index (χ1n) is 17.9. The van der Waals surface area contributed by atoms with E-state index in [-0.39, 0.29) is 81.5 Å². The normalized spacial score (nSPS) is 15.5. The van der Waals surface area contributed by atoms with E-state index in [2.05, 4.69) is 0 Å². The zero-order valence-corrected chi connectivity index (χ0v) is 33.2. The standard InChI is InChI=1S/C38H47BN6O9.Eu/c1-41(35(46)23-42-12-14-43(24-36(47)48)16-18-45(26-38(51)52)19-17-44(15-13-42)25-37(49)50)22-27-10-11-33-31(20-27)29-7-3-4-8-30(29)34(40-33)21-28-6-2-5-9-32(28)39(53)54;/h2-11,20,53-54H,12-19,21-26H2,1H3,(H,47,48)(H,49,50)(H,51,52);. The van der Waals surface area contributed by atoms with Crippen molar-refractivity contribution in [2.24, 2.45) is 0 Å². The second-order valence-electron chi connectivity index (χ2n) is 13.7. The maximum atomic E-state index is 13.7. The molecule has 1 saturated heterocycles. The van der Waals surface area contributed by atoms with Gasteiger partial charge in [0.1, 0.15) is 0 Å². The molecule has 2 heterocycles.